The van der Waals surface area contributed by atoms with E-state index in [0.717, 1.165) is 6.07 Å². The Morgan fingerprint density at radius 3 is 2.64 bits per heavy atom. The van der Waals surface area contributed by atoms with E-state index < -0.39 is 36.2 Å². The van der Waals surface area contributed by atoms with Crippen molar-refractivity contribution in [2.75, 3.05) is 10.6 Å². The Labute approximate surface area is 186 Å². The lowest BCUT2D eigenvalue weighted by Crippen LogP contribution is -2.48. The van der Waals surface area contributed by atoms with Gasteiger partial charge in [-0.3, -0.25) is 9.78 Å². The fourth-order valence-corrected chi connectivity index (χ4v) is 3.67. The summed E-state index contributed by atoms with van der Waals surface area (Å²) in [4.78, 5) is 21.7. The highest BCUT2D eigenvalue weighted by molar-refractivity contribution is 5.98. The maximum Gasteiger partial charge on any atom is 0.252 e. The van der Waals surface area contributed by atoms with Gasteiger partial charge >= 0.3 is 0 Å². The molecule has 2 unspecified atom stereocenters. The summed E-state index contributed by atoms with van der Waals surface area (Å²) < 4.78 is 41.8. The zero-order valence-corrected chi connectivity index (χ0v) is 17.6. The van der Waals surface area contributed by atoms with E-state index in [1.807, 2.05) is 0 Å². The van der Waals surface area contributed by atoms with Crippen molar-refractivity contribution < 1.29 is 18.0 Å². The molecule has 174 valence electrons. The van der Waals surface area contributed by atoms with Crippen LogP contribution >= 0.6 is 0 Å². The van der Waals surface area contributed by atoms with Gasteiger partial charge < -0.3 is 22.1 Å². The molecule has 6 N–H and O–H groups in total. The summed E-state index contributed by atoms with van der Waals surface area (Å²) in [6.07, 6.45) is 3.66. The quantitative estimate of drug-likeness (QED) is 0.437. The molecule has 33 heavy (non-hydrogen) atoms. The summed E-state index contributed by atoms with van der Waals surface area (Å²) in [5.74, 6) is -4.89. The molecular weight excluding hydrogens is 439 g/mol. The SMILES string of the molecule is Cc1ncc(Nc2nc(NC3CCC(F)(F)CC3N)c(F)cc2C(N)=O)cc1-n1nccn1. The minimum absolute atomic E-state index is 0.0360. The molecule has 2 atom stereocenters. The Bertz CT molecular complexity index is 1170. The van der Waals surface area contributed by atoms with Gasteiger partial charge in [0, 0.05) is 24.9 Å². The highest BCUT2D eigenvalue weighted by Gasteiger charge is 2.40. The van der Waals surface area contributed by atoms with Gasteiger partial charge in [0.1, 0.15) is 11.5 Å². The van der Waals surface area contributed by atoms with Crippen LogP contribution in [0.5, 0.6) is 0 Å². The van der Waals surface area contributed by atoms with Crippen molar-refractivity contribution in [1.29, 1.82) is 0 Å². The van der Waals surface area contributed by atoms with Crippen LogP contribution in [0.25, 0.3) is 5.69 Å². The van der Waals surface area contributed by atoms with Crippen molar-refractivity contribution in [3.63, 3.8) is 0 Å². The van der Waals surface area contributed by atoms with E-state index in [1.54, 1.807) is 13.0 Å². The number of halogens is 3. The highest BCUT2D eigenvalue weighted by Crippen LogP contribution is 2.34. The smallest absolute Gasteiger partial charge is 0.252 e. The molecule has 0 bridgehead atoms. The van der Waals surface area contributed by atoms with E-state index in [2.05, 4.69) is 30.8 Å². The minimum Gasteiger partial charge on any atom is -0.365 e. The van der Waals surface area contributed by atoms with Crippen LogP contribution < -0.4 is 22.1 Å². The molecule has 0 radical (unpaired) electrons. The van der Waals surface area contributed by atoms with Crippen LogP contribution in [0.3, 0.4) is 0 Å². The van der Waals surface area contributed by atoms with Gasteiger partial charge in [-0.05, 0) is 25.5 Å². The number of carbonyl (C=O) groups excluding carboxylic acids is 1. The molecular formula is C20H22F3N9O. The van der Waals surface area contributed by atoms with E-state index in [4.69, 9.17) is 11.5 Å². The summed E-state index contributed by atoms with van der Waals surface area (Å²) in [5, 5.41) is 13.9. The molecule has 0 saturated heterocycles. The number of hydrogen-bond donors (Lipinski definition) is 4. The molecule has 1 fully saturated rings. The van der Waals surface area contributed by atoms with Gasteiger partial charge in [0.2, 0.25) is 5.92 Å². The number of carbonyl (C=O) groups is 1. The van der Waals surface area contributed by atoms with Crippen molar-refractivity contribution in [1.82, 2.24) is 25.0 Å². The number of primary amides is 1. The molecule has 3 heterocycles. The second-order valence-electron chi connectivity index (χ2n) is 7.86. The standard InChI is InChI=1S/C20H22F3N9O/c1-10-16(32-27-4-5-28-32)6-11(9-26-10)29-18-12(17(25)33)7-13(21)19(31-18)30-15-2-3-20(22,23)8-14(15)24/h4-7,9,14-15H,2-3,8,24H2,1H3,(H2,25,33)(H2,29,30,31). The second-order valence-corrected chi connectivity index (χ2v) is 7.86. The lowest BCUT2D eigenvalue weighted by Gasteiger charge is -2.34. The molecule has 1 aliphatic carbocycles. The lowest BCUT2D eigenvalue weighted by molar-refractivity contribution is -0.0423. The fraction of sp³-hybridized carbons (Fsp3) is 0.350. The Hall–Kier alpha value is -3.74. The van der Waals surface area contributed by atoms with E-state index in [1.165, 1.54) is 23.4 Å². The molecule has 10 nitrogen and oxygen atoms in total. The van der Waals surface area contributed by atoms with E-state index >= 15 is 0 Å². The predicted molar refractivity (Wildman–Crippen MR) is 114 cm³/mol. The van der Waals surface area contributed by atoms with Gasteiger partial charge in [0.25, 0.3) is 5.91 Å². The number of nitrogens with two attached hydrogens (primary N) is 2. The average Bonchev–Trinajstić information content (AvgIpc) is 3.27. The van der Waals surface area contributed by atoms with Crippen molar-refractivity contribution in [2.24, 2.45) is 11.5 Å². The number of pyridine rings is 2. The first kappa shape index (κ1) is 22.5. The van der Waals surface area contributed by atoms with Crippen molar-refractivity contribution in [3.8, 4) is 5.69 Å². The fourth-order valence-electron chi connectivity index (χ4n) is 3.67. The normalized spacial score (nSPS) is 19.8. The summed E-state index contributed by atoms with van der Waals surface area (Å²) in [6.45, 7) is 1.77. The molecule has 4 rings (SSSR count). The van der Waals surface area contributed by atoms with Crippen LogP contribution in [0.4, 0.5) is 30.5 Å². The number of nitrogens with zero attached hydrogens (tertiary/aromatic N) is 5. The van der Waals surface area contributed by atoms with Gasteiger partial charge in [-0.25, -0.2) is 18.2 Å². The first-order chi connectivity index (χ1) is 15.6. The van der Waals surface area contributed by atoms with Gasteiger partial charge in [0.05, 0.1) is 35.5 Å². The monoisotopic (exact) mass is 461 g/mol. The Morgan fingerprint density at radius 1 is 1.24 bits per heavy atom. The Balaban J connectivity index is 1.64. The van der Waals surface area contributed by atoms with Crippen LogP contribution in [-0.2, 0) is 0 Å². The Kier molecular flexibility index (Phi) is 5.89. The highest BCUT2D eigenvalue weighted by atomic mass is 19.3. The number of anilines is 3. The van der Waals surface area contributed by atoms with Crippen LogP contribution in [0, 0.1) is 12.7 Å². The summed E-state index contributed by atoms with van der Waals surface area (Å²) in [7, 11) is 0. The zero-order valence-electron chi connectivity index (χ0n) is 17.6. The number of amides is 1. The second kappa shape index (κ2) is 8.65. The number of nitrogens with one attached hydrogen (secondary N) is 2. The van der Waals surface area contributed by atoms with Crippen molar-refractivity contribution in [3.05, 3.63) is 47.8 Å². The van der Waals surface area contributed by atoms with Crippen molar-refractivity contribution in [2.45, 2.75) is 44.2 Å². The van der Waals surface area contributed by atoms with Gasteiger partial charge in [-0.15, -0.1) is 4.80 Å². The van der Waals surface area contributed by atoms with E-state index in [9.17, 15) is 18.0 Å². The molecule has 0 aliphatic heterocycles. The first-order valence-corrected chi connectivity index (χ1v) is 10.1. The molecule has 0 spiro atoms. The van der Waals surface area contributed by atoms with Crippen molar-refractivity contribution >= 4 is 23.2 Å². The van der Waals surface area contributed by atoms with Gasteiger partial charge in [0.15, 0.2) is 11.6 Å². The Morgan fingerprint density at radius 2 is 1.97 bits per heavy atom. The van der Waals surface area contributed by atoms with Crippen LogP contribution in [0.15, 0.2) is 30.7 Å². The van der Waals surface area contributed by atoms with Gasteiger partial charge in [-0.2, -0.15) is 10.2 Å². The average molecular weight is 461 g/mol. The first-order valence-electron chi connectivity index (χ1n) is 10.1. The molecule has 1 aliphatic rings. The van der Waals surface area contributed by atoms with Crippen LogP contribution in [-0.4, -0.2) is 48.9 Å². The third kappa shape index (κ3) is 4.87. The lowest BCUT2D eigenvalue weighted by atomic mass is 9.88. The minimum atomic E-state index is -2.86. The number of hydrogen-bond acceptors (Lipinski definition) is 8. The molecule has 3 aromatic rings. The molecule has 0 aromatic carbocycles. The summed E-state index contributed by atoms with van der Waals surface area (Å²) >= 11 is 0. The van der Waals surface area contributed by atoms with E-state index in [0.29, 0.717) is 17.1 Å². The summed E-state index contributed by atoms with van der Waals surface area (Å²) in [5.41, 5.74) is 12.7. The molecule has 1 saturated carbocycles. The van der Waals surface area contributed by atoms with Crippen LogP contribution in [0.2, 0.25) is 0 Å². The largest absolute Gasteiger partial charge is 0.365 e. The number of alkyl halides is 2. The summed E-state index contributed by atoms with van der Waals surface area (Å²) in [6, 6.07) is 1.09. The third-order valence-corrected chi connectivity index (χ3v) is 5.39. The molecule has 3 aromatic heterocycles. The third-order valence-electron chi connectivity index (χ3n) is 5.39. The number of aromatic nitrogens is 5. The number of rotatable bonds is 6. The molecule has 13 heteroatoms. The maximum absolute atomic E-state index is 14.7. The van der Waals surface area contributed by atoms with E-state index in [-0.39, 0.29) is 30.0 Å². The predicted octanol–water partition coefficient (Wildman–Crippen LogP) is 2.27. The number of aryl methyl sites for hydroxylation is 1. The maximum atomic E-state index is 14.7. The zero-order chi connectivity index (χ0) is 23.8. The molecule has 1 amide bonds. The topological polar surface area (TPSA) is 150 Å². The van der Waals surface area contributed by atoms with Crippen LogP contribution in [0.1, 0.15) is 35.3 Å². The van der Waals surface area contributed by atoms with Gasteiger partial charge in [-0.1, -0.05) is 0 Å².